The van der Waals surface area contributed by atoms with Gasteiger partial charge in [0, 0.05) is 20.1 Å². The van der Waals surface area contributed by atoms with Gasteiger partial charge in [0.25, 0.3) is 0 Å². The quantitative estimate of drug-likeness (QED) is 0.574. The van der Waals surface area contributed by atoms with Gasteiger partial charge in [-0.2, -0.15) is 0 Å². The van der Waals surface area contributed by atoms with Crippen molar-refractivity contribution >= 4 is 5.91 Å². The highest BCUT2D eigenvalue weighted by molar-refractivity contribution is 5.75. The van der Waals surface area contributed by atoms with Crippen LogP contribution in [0.5, 0.6) is 5.75 Å². The summed E-state index contributed by atoms with van der Waals surface area (Å²) in [5.41, 5.74) is 1.25. The fourth-order valence-corrected chi connectivity index (χ4v) is 2.43. The second-order valence-electron chi connectivity index (χ2n) is 6.05. The minimum Gasteiger partial charge on any atom is -0.489 e. The summed E-state index contributed by atoms with van der Waals surface area (Å²) in [5, 5.41) is 0. The molecule has 2 aromatic carbocycles. The second-order valence-corrected chi connectivity index (χ2v) is 6.05. The zero-order valence-corrected chi connectivity index (χ0v) is 15.2. The van der Waals surface area contributed by atoms with Crippen molar-refractivity contribution in [1.82, 2.24) is 4.90 Å². The summed E-state index contributed by atoms with van der Waals surface area (Å²) in [7, 11) is 1.73. The van der Waals surface area contributed by atoms with Gasteiger partial charge in [-0.05, 0) is 30.5 Å². The van der Waals surface area contributed by atoms with Crippen LogP contribution >= 0.6 is 0 Å². The molecule has 0 N–H and O–H groups in total. The van der Waals surface area contributed by atoms with Gasteiger partial charge in [0.15, 0.2) is 11.6 Å². The number of para-hydroxylation sites is 1. The maximum absolute atomic E-state index is 13.4. The lowest BCUT2D eigenvalue weighted by Crippen LogP contribution is -2.31. The highest BCUT2D eigenvalue weighted by Crippen LogP contribution is 2.15. The zero-order valence-electron chi connectivity index (χ0n) is 15.2. The Hall–Kier alpha value is -2.40. The van der Waals surface area contributed by atoms with Crippen molar-refractivity contribution < 1.29 is 18.7 Å². The van der Waals surface area contributed by atoms with Crippen LogP contribution in [0, 0.1) is 5.82 Å². The number of carbonyl (C=O) groups is 1. The maximum atomic E-state index is 13.4. The van der Waals surface area contributed by atoms with Gasteiger partial charge in [0.2, 0.25) is 5.91 Å². The number of rotatable bonds is 11. The van der Waals surface area contributed by atoms with Gasteiger partial charge in [0.1, 0.15) is 6.61 Å². The molecule has 26 heavy (non-hydrogen) atoms. The first-order chi connectivity index (χ1) is 12.7. The van der Waals surface area contributed by atoms with Crippen molar-refractivity contribution in [3.63, 3.8) is 0 Å². The lowest BCUT2D eigenvalue weighted by Gasteiger charge is -2.17. The van der Waals surface area contributed by atoms with Crippen LogP contribution in [-0.2, 0) is 16.0 Å². The molecule has 2 rings (SSSR count). The van der Waals surface area contributed by atoms with E-state index in [2.05, 4.69) is 12.1 Å². The molecule has 0 unspecified atom stereocenters. The van der Waals surface area contributed by atoms with Crippen molar-refractivity contribution in [3.8, 4) is 5.75 Å². The molecule has 0 saturated heterocycles. The molecule has 4 nitrogen and oxygen atoms in total. The molecule has 0 atom stereocenters. The molecule has 0 saturated carbocycles. The van der Waals surface area contributed by atoms with Crippen LogP contribution in [0.3, 0.4) is 0 Å². The van der Waals surface area contributed by atoms with Crippen LogP contribution in [0.1, 0.15) is 18.4 Å². The molecule has 0 aliphatic carbocycles. The van der Waals surface area contributed by atoms with Crippen LogP contribution in [0.4, 0.5) is 4.39 Å². The summed E-state index contributed by atoms with van der Waals surface area (Å²) < 4.78 is 24.4. The average Bonchev–Trinajstić information content (AvgIpc) is 2.66. The number of amides is 1. The molecule has 140 valence electrons. The Bertz CT molecular complexity index is 663. The summed E-state index contributed by atoms with van der Waals surface area (Å²) in [4.78, 5) is 13.6. The molecule has 0 heterocycles. The third-order valence-electron chi connectivity index (χ3n) is 4.00. The van der Waals surface area contributed by atoms with E-state index in [1.807, 2.05) is 18.2 Å². The average molecular weight is 359 g/mol. The molecular formula is C21H26FNO3. The Morgan fingerprint density at radius 1 is 1.00 bits per heavy atom. The zero-order chi connectivity index (χ0) is 18.6. The van der Waals surface area contributed by atoms with E-state index in [-0.39, 0.29) is 18.3 Å². The van der Waals surface area contributed by atoms with Crippen molar-refractivity contribution in [1.29, 1.82) is 0 Å². The van der Waals surface area contributed by atoms with Crippen molar-refractivity contribution in [3.05, 3.63) is 66.0 Å². The Labute approximate surface area is 154 Å². The second kappa shape index (κ2) is 11.3. The van der Waals surface area contributed by atoms with Crippen LogP contribution < -0.4 is 4.74 Å². The van der Waals surface area contributed by atoms with E-state index < -0.39 is 5.82 Å². The number of hydrogen-bond acceptors (Lipinski definition) is 3. The fraction of sp³-hybridized carbons (Fsp3) is 0.381. The lowest BCUT2D eigenvalue weighted by molar-refractivity contribution is -0.130. The van der Waals surface area contributed by atoms with E-state index in [4.69, 9.17) is 9.47 Å². The van der Waals surface area contributed by atoms with Crippen LogP contribution in [0.25, 0.3) is 0 Å². The first-order valence-corrected chi connectivity index (χ1v) is 8.90. The van der Waals surface area contributed by atoms with Gasteiger partial charge in [-0.1, -0.05) is 42.5 Å². The third-order valence-corrected chi connectivity index (χ3v) is 4.00. The maximum Gasteiger partial charge on any atom is 0.222 e. The van der Waals surface area contributed by atoms with Gasteiger partial charge in [-0.25, -0.2) is 4.39 Å². The molecule has 0 aliphatic heterocycles. The molecule has 0 spiro atoms. The first-order valence-electron chi connectivity index (χ1n) is 8.90. The van der Waals surface area contributed by atoms with Gasteiger partial charge in [-0.15, -0.1) is 0 Å². The van der Waals surface area contributed by atoms with Crippen LogP contribution in [0.15, 0.2) is 54.6 Å². The molecule has 0 radical (unpaired) electrons. The van der Waals surface area contributed by atoms with Crippen LogP contribution in [0.2, 0.25) is 0 Å². The first kappa shape index (κ1) is 19.9. The topological polar surface area (TPSA) is 38.8 Å². The van der Waals surface area contributed by atoms with Gasteiger partial charge in [0.05, 0.1) is 13.2 Å². The minimum absolute atomic E-state index is 0.0359. The number of nitrogens with zero attached hydrogens (tertiary/aromatic N) is 1. The molecule has 0 aliphatic rings. The number of carbonyl (C=O) groups excluding carboxylic acids is 1. The summed E-state index contributed by atoms with van der Waals surface area (Å²) in [5.74, 6) is -0.150. The number of ether oxygens (including phenoxy) is 2. The summed E-state index contributed by atoms with van der Waals surface area (Å²) in [6.45, 7) is 1.90. The molecule has 1 amide bonds. The molecule has 2 aromatic rings. The van der Waals surface area contributed by atoms with Crippen LogP contribution in [-0.4, -0.2) is 44.2 Å². The van der Waals surface area contributed by atoms with E-state index in [0.717, 1.165) is 6.42 Å². The van der Waals surface area contributed by atoms with Gasteiger partial charge < -0.3 is 14.4 Å². The van der Waals surface area contributed by atoms with Gasteiger partial charge >= 0.3 is 0 Å². The van der Waals surface area contributed by atoms with Crippen molar-refractivity contribution in [2.24, 2.45) is 0 Å². The number of benzene rings is 2. The Balaban J connectivity index is 1.52. The minimum atomic E-state index is -0.394. The van der Waals surface area contributed by atoms with E-state index in [1.54, 1.807) is 30.1 Å². The highest BCUT2D eigenvalue weighted by atomic mass is 19.1. The Kier molecular flexibility index (Phi) is 8.63. The molecule has 0 aromatic heterocycles. The van der Waals surface area contributed by atoms with E-state index in [1.165, 1.54) is 11.6 Å². The number of halogens is 1. The SMILES string of the molecule is CN(CCOc1ccccc1F)C(=O)CCCOCCc1ccccc1. The molecule has 5 heteroatoms. The fourth-order valence-electron chi connectivity index (χ4n) is 2.43. The third kappa shape index (κ3) is 7.23. The number of likely N-dealkylation sites (N-methyl/N-ethyl adjacent to an activating group) is 1. The normalized spacial score (nSPS) is 10.5. The predicted octanol–water partition coefficient (Wildman–Crippen LogP) is 3.70. The van der Waals surface area contributed by atoms with E-state index in [9.17, 15) is 9.18 Å². The summed E-state index contributed by atoms with van der Waals surface area (Å²) >= 11 is 0. The Morgan fingerprint density at radius 3 is 2.50 bits per heavy atom. The Morgan fingerprint density at radius 2 is 1.73 bits per heavy atom. The van der Waals surface area contributed by atoms with Crippen molar-refractivity contribution in [2.75, 3.05) is 33.4 Å². The lowest BCUT2D eigenvalue weighted by atomic mass is 10.2. The summed E-state index contributed by atoms with van der Waals surface area (Å²) in [6.07, 6.45) is 2.00. The molecule has 0 fully saturated rings. The number of hydrogen-bond donors (Lipinski definition) is 0. The predicted molar refractivity (Wildman–Crippen MR) is 99.7 cm³/mol. The summed E-state index contributed by atoms with van der Waals surface area (Å²) in [6, 6.07) is 16.4. The highest BCUT2D eigenvalue weighted by Gasteiger charge is 2.09. The largest absolute Gasteiger partial charge is 0.489 e. The standard InChI is InChI=1S/C21H26FNO3/c1-23(14-17-26-20-11-6-5-10-19(20)22)21(24)12-7-15-25-16-13-18-8-3-2-4-9-18/h2-6,8-11H,7,12-17H2,1H3. The van der Waals surface area contributed by atoms with E-state index in [0.29, 0.717) is 32.6 Å². The molecular weight excluding hydrogens is 333 g/mol. The molecule has 0 bridgehead atoms. The smallest absolute Gasteiger partial charge is 0.222 e. The van der Waals surface area contributed by atoms with Gasteiger partial charge in [-0.3, -0.25) is 4.79 Å². The van der Waals surface area contributed by atoms with Crippen molar-refractivity contribution in [2.45, 2.75) is 19.3 Å². The van der Waals surface area contributed by atoms with E-state index >= 15 is 0 Å². The monoisotopic (exact) mass is 359 g/mol.